The van der Waals surface area contributed by atoms with Gasteiger partial charge >= 0.3 is 0 Å². The number of likely N-dealkylation sites (N-methyl/N-ethyl adjacent to an activating group) is 2. The maximum atomic E-state index is 12.3. The fourth-order valence-corrected chi connectivity index (χ4v) is 1.87. The standard InChI is InChI=1S/C12H16BrN3O2/c1-3-16(7-11(17)15-2)12(18)9-6-8(14)4-5-10(9)13/h4-6H,3,7,14H2,1-2H3,(H,15,17). The van der Waals surface area contributed by atoms with Crippen molar-refractivity contribution in [1.29, 1.82) is 0 Å². The van der Waals surface area contributed by atoms with E-state index in [0.717, 1.165) is 0 Å². The Balaban J connectivity index is 2.96. The highest BCUT2D eigenvalue weighted by atomic mass is 79.9. The highest BCUT2D eigenvalue weighted by molar-refractivity contribution is 9.10. The number of carbonyl (C=O) groups excluding carboxylic acids is 2. The van der Waals surface area contributed by atoms with E-state index in [0.29, 0.717) is 22.3 Å². The van der Waals surface area contributed by atoms with E-state index in [-0.39, 0.29) is 18.4 Å². The average molecular weight is 314 g/mol. The first-order valence-electron chi connectivity index (χ1n) is 5.54. The fraction of sp³-hybridized carbons (Fsp3) is 0.333. The third-order valence-corrected chi connectivity index (χ3v) is 3.19. The van der Waals surface area contributed by atoms with Crippen LogP contribution < -0.4 is 11.1 Å². The van der Waals surface area contributed by atoms with E-state index in [2.05, 4.69) is 21.2 Å². The molecule has 0 unspecified atom stereocenters. The van der Waals surface area contributed by atoms with Crippen molar-refractivity contribution in [3.8, 4) is 0 Å². The van der Waals surface area contributed by atoms with Crippen LogP contribution in [0.2, 0.25) is 0 Å². The molecule has 0 saturated heterocycles. The SMILES string of the molecule is CCN(CC(=O)NC)C(=O)c1cc(N)ccc1Br. The normalized spacial score (nSPS) is 9.94. The number of nitrogens with two attached hydrogens (primary N) is 1. The van der Waals surface area contributed by atoms with Crippen LogP contribution in [0, 0.1) is 0 Å². The van der Waals surface area contributed by atoms with Crippen LogP contribution in [0.25, 0.3) is 0 Å². The Labute approximate surface area is 114 Å². The smallest absolute Gasteiger partial charge is 0.255 e. The van der Waals surface area contributed by atoms with Gasteiger partial charge in [0, 0.05) is 23.8 Å². The summed E-state index contributed by atoms with van der Waals surface area (Å²) in [6.45, 7) is 2.31. The van der Waals surface area contributed by atoms with Gasteiger partial charge in [-0.15, -0.1) is 0 Å². The lowest BCUT2D eigenvalue weighted by Crippen LogP contribution is -2.39. The zero-order chi connectivity index (χ0) is 13.7. The molecule has 3 N–H and O–H groups in total. The third-order valence-electron chi connectivity index (χ3n) is 2.50. The van der Waals surface area contributed by atoms with Crippen LogP contribution in [-0.4, -0.2) is 36.9 Å². The van der Waals surface area contributed by atoms with Crippen LogP contribution in [0.4, 0.5) is 5.69 Å². The molecule has 0 radical (unpaired) electrons. The number of hydrogen-bond donors (Lipinski definition) is 2. The molecule has 0 fully saturated rings. The molecule has 0 aromatic heterocycles. The van der Waals surface area contributed by atoms with Gasteiger partial charge in [0.2, 0.25) is 5.91 Å². The fourth-order valence-electron chi connectivity index (χ4n) is 1.46. The van der Waals surface area contributed by atoms with Gasteiger partial charge in [-0.25, -0.2) is 0 Å². The molecule has 6 heteroatoms. The van der Waals surface area contributed by atoms with Crippen molar-refractivity contribution in [3.05, 3.63) is 28.2 Å². The van der Waals surface area contributed by atoms with E-state index < -0.39 is 0 Å². The molecule has 0 heterocycles. The third kappa shape index (κ3) is 3.46. The topological polar surface area (TPSA) is 75.4 Å². The monoisotopic (exact) mass is 313 g/mol. The van der Waals surface area contributed by atoms with Crippen molar-refractivity contribution in [1.82, 2.24) is 10.2 Å². The molecule has 1 aromatic rings. The van der Waals surface area contributed by atoms with Crippen molar-refractivity contribution in [2.75, 3.05) is 25.9 Å². The molecule has 0 aliphatic carbocycles. The van der Waals surface area contributed by atoms with Crippen LogP contribution in [0.5, 0.6) is 0 Å². The first-order valence-corrected chi connectivity index (χ1v) is 6.33. The van der Waals surface area contributed by atoms with Crippen molar-refractivity contribution < 1.29 is 9.59 Å². The summed E-state index contributed by atoms with van der Waals surface area (Å²) >= 11 is 3.31. The molecule has 5 nitrogen and oxygen atoms in total. The first-order chi connectivity index (χ1) is 8.49. The number of halogens is 1. The average Bonchev–Trinajstić information content (AvgIpc) is 2.37. The van der Waals surface area contributed by atoms with Gasteiger partial charge in [0.05, 0.1) is 12.1 Å². The number of nitrogen functional groups attached to an aromatic ring is 1. The Bertz CT molecular complexity index is 463. The van der Waals surface area contributed by atoms with E-state index in [1.54, 1.807) is 18.2 Å². The zero-order valence-electron chi connectivity index (χ0n) is 10.4. The van der Waals surface area contributed by atoms with Gasteiger partial charge in [0.1, 0.15) is 0 Å². The summed E-state index contributed by atoms with van der Waals surface area (Å²) in [5, 5.41) is 2.49. The van der Waals surface area contributed by atoms with Crippen molar-refractivity contribution in [3.63, 3.8) is 0 Å². The van der Waals surface area contributed by atoms with Crippen molar-refractivity contribution >= 4 is 33.4 Å². The first kappa shape index (κ1) is 14.5. The summed E-state index contributed by atoms with van der Waals surface area (Å²) in [6, 6.07) is 5.02. The van der Waals surface area contributed by atoms with Gasteiger partial charge < -0.3 is 16.0 Å². The summed E-state index contributed by atoms with van der Waals surface area (Å²) in [5.41, 5.74) is 6.63. The summed E-state index contributed by atoms with van der Waals surface area (Å²) in [6.07, 6.45) is 0. The van der Waals surface area contributed by atoms with Crippen LogP contribution in [-0.2, 0) is 4.79 Å². The number of anilines is 1. The summed E-state index contributed by atoms with van der Waals surface area (Å²) < 4.78 is 0.664. The Morgan fingerprint density at radius 3 is 2.67 bits per heavy atom. The number of hydrogen-bond acceptors (Lipinski definition) is 3. The van der Waals surface area contributed by atoms with Gasteiger partial charge in [-0.3, -0.25) is 9.59 Å². The lowest BCUT2D eigenvalue weighted by atomic mass is 10.1. The van der Waals surface area contributed by atoms with Gasteiger partial charge in [-0.1, -0.05) is 0 Å². The predicted octanol–water partition coefficient (Wildman–Crippen LogP) is 1.24. The molecule has 98 valence electrons. The summed E-state index contributed by atoms with van der Waals surface area (Å²) in [7, 11) is 1.54. The maximum Gasteiger partial charge on any atom is 0.255 e. The molecule has 0 bridgehead atoms. The molecular weight excluding hydrogens is 298 g/mol. The van der Waals surface area contributed by atoms with Crippen LogP contribution >= 0.6 is 15.9 Å². The molecular formula is C12H16BrN3O2. The molecule has 0 aliphatic heterocycles. The molecule has 0 spiro atoms. The molecule has 0 atom stereocenters. The molecule has 2 amide bonds. The quantitative estimate of drug-likeness (QED) is 0.821. The van der Waals surface area contributed by atoms with E-state index in [1.165, 1.54) is 11.9 Å². The summed E-state index contributed by atoms with van der Waals surface area (Å²) in [4.78, 5) is 25.0. The number of nitrogens with one attached hydrogen (secondary N) is 1. The Kier molecular flexibility index (Phi) is 5.15. The number of nitrogens with zero attached hydrogens (tertiary/aromatic N) is 1. The van der Waals surface area contributed by atoms with E-state index >= 15 is 0 Å². The Morgan fingerprint density at radius 2 is 2.11 bits per heavy atom. The van der Waals surface area contributed by atoms with Crippen LogP contribution in [0.1, 0.15) is 17.3 Å². The van der Waals surface area contributed by atoms with E-state index in [9.17, 15) is 9.59 Å². The number of carbonyl (C=O) groups is 2. The van der Waals surface area contributed by atoms with Gasteiger partial charge in [-0.2, -0.15) is 0 Å². The van der Waals surface area contributed by atoms with Gasteiger partial charge in [0.15, 0.2) is 0 Å². The zero-order valence-corrected chi connectivity index (χ0v) is 12.0. The molecule has 0 aliphatic rings. The molecule has 18 heavy (non-hydrogen) atoms. The van der Waals surface area contributed by atoms with Crippen LogP contribution in [0.3, 0.4) is 0 Å². The largest absolute Gasteiger partial charge is 0.399 e. The highest BCUT2D eigenvalue weighted by Gasteiger charge is 2.19. The molecule has 0 saturated carbocycles. The lowest BCUT2D eigenvalue weighted by molar-refractivity contribution is -0.121. The minimum absolute atomic E-state index is 0.0348. The van der Waals surface area contributed by atoms with Crippen molar-refractivity contribution in [2.45, 2.75) is 6.92 Å². The minimum atomic E-state index is -0.222. The highest BCUT2D eigenvalue weighted by Crippen LogP contribution is 2.21. The second kappa shape index (κ2) is 6.39. The summed E-state index contributed by atoms with van der Waals surface area (Å²) in [5.74, 6) is -0.425. The molecule has 1 aromatic carbocycles. The maximum absolute atomic E-state index is 12.3. The number of rotatable bonds is 4. The van der Waals surface area contributed by atoms with Gasteiger partial charge in [-0.05, 0) is 41.1 Å². The Morgan fingerprint density at radius 1 is 1.44 bits per heavy atom. The van der Waals surface area contributed by atoms with Gasteiger partial charge in [0.25, 0.3) is 5.91 Å². The Hall–Kier alpha value is -1.56. The second-order valence-electron chi connectivity index (χ2n) is 3.73. The predicted molar refractivity (Wildman–Crippen MR) is 74.2 cm³/mol. The van der Waals surface area contributed by atoms with E-state index in [1.807, 2.05) is 6.92 Å². The van der Waals surface area contributed by atoms with E-state index in [4.69, 9.17) is 5.73 Å². The number of benzene rings is 1. The minimum Gasteiger partial charge on any atom is -0.399 e. The second-order valence-corrected chi connectivity index (χ2v) is 4.59. The van der Waals surface area contributed by atoms with Crippen LogP contribution in [0.15, 0.2) is 22.7 Å². The number of amides is 2. The lowest BCUT2D eigenvalue weighted by Gasteiger charge is -2.20. The molecule has 1 rings (SSSR count). The van der Waals surface area contributed by atoms with Crippen molar-refractivity contribution in [2.24, 2.45) is 0 Å².